The van der Waals surface area contributed by atoms with Gasteiger partial charge in [0.15, 0.2) is 5.17 Å². The Morgan fingerprint density at radius 1 is 1.33 bits per heavy atom. The van der Waals surface area contributed by atoms with Crippen LogP contribution in [0.4, 0.5) is 0 Å². The maximum atomic E-state index is 6.19. The van der Waals surface area contributed by atoms with E-state index < -0.39 is 0 Å². The minimum Gasteiger partial charge on any atom is -0.349 e. The van der Waals surface area contributed by atoms with Crippen molar-refractivity contribution in [2.75, 3.05) is 25.9 Å². The van der Waals surface area contributed by atoms with Gasteiger partial charge < -0.3 is 10.6 Å². The highest BCUT2D eigenvalue weighted by molar-refractivity contribution is 8.93. The fraction of sp³-hybridized carbons (Fsp3) is 0.417. The molecule has 0 aromatic heterocycles. The molecule has 1 aromatic carbocycles. The summed E-state index contributed by atoms with van der Waals surface area (Å²) >= 11 is 1.81. The highest BCUT2D eigenvalue weighted by atomic mass is 79.9. The number of nitrogens with zero attached hydrogens (tertiary/aromatic N) is 2. The van der Waals surface area contributed by atoms with Gasteiger partial charge >= 0.3 is 0 Å². The summed E-state index contributed by atoms with van der Waals surface area (Å²) < 4.78 is 0. The van der Waals surface area contributed by atoms with Crippen LogP contribution in [0.5, 0.6) is 0 Å². The lowest BCUT2D eigenvalue weighted by molar-refractivity contribution is 0.422. The first-order chi connectivity index (χ1) is 7.81. The predicted octanol–water partition coefficient (Wildman–Crippen LogP) is 2.88. The average molecular weight is 397 g/mol. The van der Waals surface area contributed by atoms with E-state index in [4.69, 9.17) is 5.73 Å². The first-order valence-electron chi connectivity index (χ1n) is 5.46. The van der Waals surface area contributed by atoms with E-state index in [9.17, 15) is 0 Å². The number of halogens is 2. The van der Waals surface area contributed by atoms with Gasteiger partial charge in [-0.2, -0.15) is 0 Å². The molecule has 1 aliphatic heterocycles. The van der Waals surface area contributed by atoms with Crippen LogP contribution in [0, 0.1) is 0 Å². The van der Waals surface area contributed by atoms with Crippen LogP contribution in [0.3, 0.4) is 0 Å². The van der Waals surface area contributed by atoms with Crippen molar-refractivity contribution in [2.45, 2.75) is 6.04 Å². The number of rotatable bonds is 3. The predicted molar refractivity (Wildman–Crippen MR) is 91.4 cm³/mol. The van der Waals surface area contributed by atoms with Gasteiger partial charge in [0.05, 0.1) is 0 Å². The quantitative estimate of drug-likeness (QED) is 0.853. The van der Waals surface area contributed by atoms with Crippen LogP contribution in [0.1, 0.15) is 11.6 Å². The second-order valence-corrected chi connectivity index (χ2v) is 4.88. The fourth-order valence-electron chi connectivity index (χ4n) is 1.85. The zero-order chi connectivity index (χ0) is 11.4. The number of amidine groups is 1. The maximum Gasteiger partial charge on any atom is 0.159 e. The topological polar surface area (TPSA) is 41.6 Å². The molecule has 0 amide bonds. The van der Waals surface area contributed by atoms with E-state index in [1.165, 1.54) is 5.56 Å². The summed E-state index contributed by atoms with van der Waals surface area (Å²) in [6.07, 6.45) is 0. The van der Waals surface area contributed by atoms with Crippen molar-refractivity contribution in [3.05, 3.63) is 35.9 Å². The van der Waals surface area contributed by atoms with Crippen LogP contribution in [0.25, 0.3) is 0 Å². The van der Waals surface area contributed by atoms with Crippen LogP contribution in [-0.4, -0.2) is 36.0 Å². The van der Waals surface area contributed by atoms with E-state index in [1.807, 2.05) is 37.0 Å². The summed E-state index contributed by atoms with van der Waals surface area (Å²) in [4.78, 5) is 6.53. The zero-order valence-corrected chi connectivity index (χ0v) is 14.5. The number of nitrogens with two attached hydrogens (primary N) is 1. The molecule has 0 bridgehead atoms. The molecule has 1 aromatic rings. The molecule has 1 aliphatic rings. The molecule has 3 nitrogen and oxygen atoms in total. The number of hydrogen-bond acceptors (Lipinski definition) is 3. The number of thioether (sulfide) groups is 1. The smallest absolute Gasteiger partial charge is 0.159 e. The van der Waals surface area contributed by atoms with Crippen LogP contribution < -0.4 is 5.73 Å². The third-order valence-corrected chi connectivity index (χ3v) is 3.78. The van der Waals surface area contributed by atoms with Crippen LogP contribution in [0.2, 0.25) is 0 Å². The molecule has 0 radical (unpaired) electrons. The van der Waals surface area contributed by atoms with E-state index in [2.05, 4.69) is 22.0 Å². The Morgan fingerprint density at radius 2 is 2.00 bits per heavy atom. The molecule has 102 valence electrons. The fourth-order valence-corrected chi connectivity index (χ4v) is 2.82. The van der Waals surface area contributed by atoms with Crippen molar-refractivity contribution in [2.24, 2.45) is 10.7 Å². The number of hydrogen-bond donors (Lipinski definition) is 1. The van der Waals surface area contributed by atoms with E-state index in [-0.39, 0.29) is 40.0 Å². The summed E-state index contributed by atoms with van der Waals surface area (Å²) in [5.74, 6) is 1.12. The molecule has 6 heteroatoms. The average Bonchev–Trinajstić information content (AvgIpc) is 2.77. The Kier molecular flexibility index (Phi) is 8.94. The van der Waals surface area contributed by atoms with Crippen molar-refractivity contribution >= 4 is 50.9 Å². The highest BCUT2D eigenvalue weighted by Gasteiger charge is 2.21. The molecule has 18 heavy (non-hydrogen) atoms. The third kappa shape index (κ3) is 4.57. The summed E-state index contributed by atoms with van der Waals surface area (Å²) in [6.45, 7) is 1.90. The summed E-state index contributed by atoms with van der Waals surface area (Å²) in [5, 5.41) is 1.12. The van der Waals surface area contributed by atoms with E-state index in [0.29, 0.717) is 0 Å². The normalized spacial score (nSPS) is 18.1. The van der Waals surface area contributed by atoms with Crippen molar-refractivity contribution < 1.29 is 0 Å². The van der Waals surface area contributed by atoms with Crippen LogP contribution >= 0.6 is 45.7 Å². The van der Waals surface area contributed by atoms with Crippen LogP contribution in [0.15, 0.2) is 35.3 Å². The minimum absolute atomic E-state index is 0. The van der Waals surface area contributed by atoms with Crippen molar-refractivity contribution in [1.29, 1.82) is 0 Å². The Labute approximate surface area is 134 Å². The highest BCUT2D eigenvalue weighted by Crippen LogP contribution is 2.20. The SMILES string of the molecule is Br.Br.CN=C1SCCN1CC(N)c1ccccc1. The first kappa shape index (κ1) is 18.0. The molecular formula is C12H19Br2N3S. The summed E-state index contributed by atoms with van der Waals surface area (Å²) in [5.41, 5.74) is 7.38. The maximum absolute atomic E-state index is 6.19. The van der Waals surface area contributed by atoms with Gasteiger partial charge in [-0.05, 0) is 5.56 Å². The molecule has 1 fully saturated rings. The largest absolute Gasteiger partial charge is 0.349 e. The van der Waals surface area contributed by atoms with E-state index in [0.717, 1.165) is 24.0 Å². The Hall–Kier alpha value is -0.0400. The molecule has 1 unspecified atom stereocenters. The van der Waals surface area contributed by atoms with Gasteiger partial charge in [-0.25, -0.2) is 0 Å². The molecule has 0 aliphatic carbocycles. The van der Waals surface area contributed by atoms with Gasteiger partial charge in [0.25, 0.3) is 0 Å². The second kappa shape index (κ2) is 8.96. The number of benzene rings is 1. The standard InChI is InChI=1S/C12H17N3S.2BrH/c1-14-12-15(7-8-16-12)9-11(13)10-5-3-2-4-6-10;;/h2-6,11H,7-9,13H2,1H3;2*1H. The summed E-state index contributed by atoms with van der Waals surface area (Å²) in [7, 11) is 1.84. The van der Waals surface area contributed by atoms with Gasteiger partial charge in [0.1, 0.15) is 0 Å². The van der Waals surface area contributed by atoms with Gasteiger partial charge in [-0.3, -0.25) is 4.99 Å². The minimum atomic E-state index is 0. The zero-order valence-electron chi connectivity index (χ0n) is 10.3. The van der Waals surface area contributed by atoms with E-state index >= 15 is 0 Å². The molecule has 1 heterocycles. The Balaban J connectivity index is 0.00000144. The molecule has 0 saturated carbocycles. The van der Waals surface area contributed by atoms with Crippen LogP contribution in [-0.2, 0) is 0 Å². The molecular weight excluding hydrogens is 378 g/mol. The van der Waals surface area contributed by atoms with Gasteiger partial charge in [0.2, 0.25) is 0 Å². The molecule has 1 atom stereocenters. The van der Waals surface area contributed by atoms with Crippen molar-refractivity contribution in [3.63, 3.8) is 0 Å². The van der Waals surface area contributed by atoms with Gasteiger partial charge in [-0.15, -0.1) is 34.0 Å². The molecule has 1 saturated heterocycles. The Bertz CT molecular complexity index is 373. The lowest BCUT2D eigenvalue weighted by atomic mass is 10.1. The second-order valence-electron chi connectivity index (χ2n) is 3.82. The molecule has 2 N–H and O–H groups in total. The number of aliphatic imine (C=N–C) groups is 1. The van der Waals surface area contributed by atoms with E-state index in [1.54, 1.807) is 0 Å². The van der Waals surface area contributed by atoms with Gasteiger partial charge in [0, 0.05) is 31.9 Å². The Morgan fingerprint density at radius 3 is 2.61 bits per heavy atom. The third-order valence-electron chi connectivity index (χ3n) is 2.70. The first-order valence-corrected chi connectivity index (χ1v) is 6.45. The monoisotopic (exact) mass is 395 g/mol. The molecule has 2 rings (SSSR count). The lowest BCUT2D eigenvalue weighted by Crippen LogP contribution is -2.32. The lowest BCUT2D eigenvalue weighted by Gasteiger charge is -2.22. The van der Waals surface area contributed by atoms with Crippen molar-refractivity contribution in [3.8, 4) is 0 Å². The molecule has 0 spiro atoms. The van der Waals surface area contributed by atoms with Crippen molar-refractivity contribution in [1.82, 2.24) is 4.90 Å². The van der Waals surface area contributed by atoms with Gasteiger partial charge in [-0.1, -0.05) is 42.1 Å². The summed E-state index contributed by atoms with van der Waals surface area (Å²) in [6, 6.07) is 10.3.